The lowest BCUT2D eigenvalue weighted by Gasteiger charge is -2.31. The number of aromatic nitrogens is 4. The second kappa shape index (κ2) is 9.81. The minimum Gasteiger partial charge on any atom is -0.488 e. The number of nitrogens with zero attached hydrogens (tertiary/aromatic N) is 5. The van der Waals surface area contributed by atoms with Crippen LogP contribution in [0.5, 0.6) is 5.75 Å². The third-order valence-corrected chi connectivity index (χ3v) is 7.09. The maximum atomic E-state index is 6.57. The quantitative estimate of drug-likeness (QED) is 0.526. The van der Waals surface area contributed by atoms with Crippen LogP contribution in [0.15, 0.2) is 30.7 Å². The van der Waals surface area contributed by atoms with Crippen molar-refractivity contribution >= 4 is 28.5 Å². The van der Waals surface area contributed by atoms with Crippen LogP contribution in [0.1, 0.15) is 44.1 Å². The molecule has 3 fully saturated rings. The Kier molecular flexibility index (Phi) is 6.24. The van der Waals surface area contributed by atoms with Crippen LogP contribution in [0.3, 0.4) is 0 Å². The number of hydrogen-bond donors (Lipinski definition) is 2. The Morgan fingerprint density at radius 2 is 1.66 bits per heavy atom. The zero-order valence-electron chi connectivity index (χ0n) is 20.2. The number of anilines is 3. The summed E-state index contributed by atoms with van der Waals surface area (Å²) in [7, 11) is 0. The molecule has 35 heavy (non-hydrogen) atoms. The Hall–Kier alpha value is -3.20. The van der Waals surface area contributed by atoms with Gasteiger partial charge in [0.15, 0.2) is 0 Å². The van der Waals surface area contributed by atoms with Crippen LogP contribution < -0.4 is 20.3 Å². The van der Waals surface area contributed by atoms with Crippen molar-refractivity contribution in [1.82, 2.24) is 19.9 Å². The first-order valence-corrected chi connectivity index (χ1v) is 12.8. The molecule has 1 aliphatic heterocycles. The topological polar surface area (TPSA) is 97.3 Å². The van der Waals surface area contributed by atoms with Crippen LogP contribution in [0.2, 0.25) is 0 Å². The molecule has 0 unspecified atom stereocenters. The van der Waals surface area contributed by atoms with Crippen molar-refractivity contribution in [2.24, 2.45) is 0 Å². The van der Waals surface area contributed by atoms with E-state index in [2.05, 4.69) is 49.5 Å². The number of fused-ring (bicyclic) bond motifs is 1. The van der Waals surface area contributed by atoms with Gasteiger partial charge >= 0.3 is 0 Å². The van der Waals surface area contributed by atoms with E-state index in [0.717, 1.165) is 91.8 Å². The summed E-state index contributed by atoms with van der Waals surface area (Å²) < 4.78 is 12.1. The molecule has 0 amide bonds. The number of nitrogens with one attached hydrogen (secondary N) is 2. The van der Waals surface area contributed by atoms with Gasteiger partial charge in [-0.25, -0.2) is 9.97 Å². The second-order valence-electron chi connectivity index (χ2n) is 9.85. The van der Waals surface area contributed by atoms with Gasteiger partial charge in [0, 0.05) is 61.1 Å². The number of ether oxygens (including phenoxy) is 2. The van der Waals surface area contributed by atoms with Crippen LogP contribution in [-0.2, 0) is 4.74 Å². The van der Waals surface area contributed by atoms with E-state index in [4.69, 9.17) is 14.5 Å². The van der Waals surface area contributed by atoms with Crippen LogP contribution >= 0.6 is 0 Å². The van der Waals surface area contributed by atoms with E-state index < -0.39 is 0 Å². The number of benzene rings is 1. The summed E-state index contributed by atoms with van der Waals surface area (Å²) in [6.07, 6.45) is 12.0. The lowest BCUT2D eigenvalue weighted by Crippen LogP contribution is -2.36. The van der Waals surface area contributed by atoms with Crippen molar-refractivity contribution in [1.29, 1.82) is 0 Å². The maximum absolute atomic E-state index is 6.57. The van der Waals surface area contributed by atoms with E-state index in [0.29, 0.717) is 12.1 Å². The first-order valence-electron chi connectivity index (χ1n) is 12.8. The molecule has 0 spiro atoms. The van der Waals surface area contributed by atoms with Crippen LogP contribution in [0.4, 0.5) is 17.5 Å². The SMILES string of the molecule is Cc1cnc(NC2CC2)nc1N[C@H]1CC[C@@H](Oc2cc(N3CCOCC3)cc3nccnc23)CC1. The first kappa shape index (κ1) is 22.3. The summed E-state index contributed by atoms with van der Waals surface area (Å²) in [5, 5.41) is 7.06. The van der Waals surface area contributed by atoms with Crippen LogP contribution in [0.25, 0.3) is 11.0 Å². The standard InChI is InChI=1S/C26H33N7O2/c1-17-16-29-26(31-19-2-3-19)32-25(17)30-18-4-6-21(7-5-18)35-23-15-20(33-10-12-34-13-11-33)14-22-24(23)28-9-8-27-22/h8-9,14-16,18-19,21H,2-7,10-13H2,1H3,(H2,29,30,31,32)/t18-,21+. The van der Waals surface area contributed by atoms with E-state index in [1.54, 1.807) is 12.4 Å². The van der Waals surface area contributed by atoms with Gasteiger partial charge in [0.1, 0.15) is 17.1 Å². The van der Waals surface area contributed by atoms with Gasteiger partial charge in [-0.1, -0.05) is 0 Å². The third-order valence-electron chi connectivity index (χ3n) is 7.09. The van der Waals surface area contributed by atoms with Gasteiger partial charge in [-0.05, 0) is 51.5 Å². The molecule has 0 radical (unpaired) electrons. The molecule has 3 aliphatic rings. The molecule has 2 aromatic heterocycles. The highest BCUT2D eigenvalue weighted by atomic mass is 16.5. The monoisotopic (exact) mass is 475 g/mol. The summed E-state index contributed by atoms with van der Waals surface area (Å²) in [4.78, 5) is 20.6. The van der Waals surface area contributed by atoms with Gasteiger partial charge in [0.2, 0.25) is 5.95 Å². The van der Waals surface area contributed by atoms with Crippen molar-refractivity contribution in [3.63, 3.8) is 0 Å². The fourth-order valence-electron chi connectivity index (χ4n) is 4.89. The molecule has 2 saturated carbocycles. The number of morpholine rings is 1. The van der Waals surface area contributed by atoms with Gasteiger partial charge in [0.25, 0.3) is 0 Å². The molecular weight excluding hydrogens is 442 g/mol. The van der Waals surface area contributed by atoms with Crippen molar-refractivity contribution in [3.8, 4) is 5.75 Å². The summed E-state index contributed by atoms with van der Waals surface area (Å²) in [5.41, 5.74) is 3.91. The van der Waals surface area contributed by atoms with Gasteiger partial charge in [0.05, 0.1) is 24.8 Å². The van der Waals surface area contributed by atoms with Crippen molar-refractivity contribution in [2.45, 2.75) is 63.6 Å². The molecule has 1 aromatic carbocycles. The number of hydrogen-bond acceptors (Lipinski definition) is 9. The van der Waals surface area contributed by atoms with E-state index >= 15 is 0 Å². The van der Waals surface area contributed by atoms with Gasteiger partial charge in [-0.3, -0.25) is 4.98 Å². The maximum Gasteiger partial charge on any atom is 0.224 e. The Morgan fingerprint density at radius 3 is 2.46 bits per heavy atom. The normalized spacial score (nSPS) is 22.7. The highest BCUT2D eigenvalue weighted by Crippen LogP contribution is 2.33. The minimum absolute atomic E-state index is 0.164. The van der Waals surface area contributed by atoms with Crippen LogP contribution in [-0.4, -0.2) is 64.4 Å². The number of aryl methyl sites for hydroxylation is 1. The lowest BCUT2D eigenvalue weighted by molar-refractivity contribution is 0.122. The zero-order valence-corrected chi connectivity index (χ0v) is 20.2. The highest BCUT2D eigenvalue weighted by molar-refractivity contribution is 5.85. The average molecular weight is 476 g/mol. The third kappa shape index (κ3) is 5.24. The molecule has 2 aliphatic carbocycles. The van der Waals surface area contributed by atoms with E-state index in [9.17, 15) is 0 Å². The van der Waals surface area contributed by atoms with Gasteiger partial charge < -0.3 is 25.0 Å². The molecule has 6 rings (SSSR count). The first-order chi connectivity index (χ1) is 17.2. The molecule has 2 N–H and O–H groups in total. The second-order valence-corrected chi connectivity index (χ2v) is 9.85. The summed E-state index contributed by atoms with van der Waals surface area (Å²) in [5.74, 6) is 2.49. The fraction of sp³-hybridized carbons (Fsp3) is 0.538. The Morgan fingerprint density at radius 1 is 0.914 bits per heavy atom. The van der Waals surface area contributed by atoms with E-state index in [1.807, 2.05) is 6.20 Å². The fourth-order valence-corrected chi connectivity index (χ4v) is 4.89. The van der Waals surface area contributed by atoms with E-state index in [-0.39, 0.29) is 6.10 Å². The molecule has 9 nitrogen and oxygen atoms in total. The average Bonchev–Trinajstić information content (AvgIpc) is 3.72. The molecule has 3 heterocycles. The largest absolute Gasteiger partial charge is 0.488 e. The molecule has 1 saturated heterocycles. The molecular formula is C26H33N7O2. The lowest BCUT2D eigenvalue weighted by atomic mass is 9.92. The Balaban J connectivity index is 1.12. The molecule has 0 bridgehead atoms. The zero-order chi connectivity index (χ0) is 23.6. The predicted molar refractivity (Wildman–Crippen MR) is 136 cm³/mol. The van der Waals surface area contributed by atoms with Crippen molar-refractivity contribution < 1.29 is 9.47 Å². The summed E-state index contributed by atoms with van der Waals surface area (Å²) >= 11 is 0. The minimum atomic E-state index is 0.164. The molecule has 9 heteroatoms. The van der Waals surface area contributed by atoms with Crippen LogP contribution in [0, 0.1) is 6.92 Å². The Labute approximate surface area is 205 Å². The van der Waals surface area contributed by atoms with Crippen molar-refractivity contribution in [3.05, 3.63) is 36.3 Å². The highest BCUT2D eigenvalue weighted by Gasteiger charge is 2.26. The number of rotatable bonds is 7. The summed E-state index contributed by atoms with van der Waals surface area (Å²) in [6.45, 7) is 5.31. The van der Waals surface area contributed by atoms with Gasteiger partial charge in [-0.2, -0.15) is 4.98 Å². The Bertz CT molecular complexity index is 1170. The van der Waals surface area contributed by atoms with Gasteiger partial charge in [-0.15, -0.1) is 0 Å². The smallest absolute Gasteiger partial charge is 0.224 e. The molecule has 3 aromatic rings. The van der Waals surface area contributed by atoms with Crippen molar-refractivity contribution in [2.75, 3.05) is 41.8 Å². The summed E-state index contributed by atoms with van der Waals surface area (Å²) in [6, 6.07) is 5.16. The van der Waals surface area contributed by atoms with E-state index in [1.165, 1.54) is 12.8 Å². The predicted octanol–water partition coefficient (Wildman–Crippen LogP) is 3.94. The molecule has 0 atom stereocenters. The molecule has 184 valence electrons.